The van der Waals surface area contributed by atoms with Crippen LogP contribution < -0.4 is 5.73 Å². The van der Waals surface area contributed by atoms with Gasteiger partial charge >= 0.3 is 0 Å². The van der Waals surface area contributed by atoms with Gasteiger partial charge in [0, 0.05) is 0 Å². The molecule has 0 aromatic rings. The van der Waals surface area contributed by atoms with Crippen LogP contribution in [0.5, 0.6) is 0 Å². The Kier molecular flexibility index (Phi) is 5.87. The summed E-state index contributed by atoms with van der Waals surface area (Å²) in [6.07, 6.45) is 0.728. The summed E-state index contributed by atoms with van der Waals surface area (Å²) in [6, 6.07) is 0. The van der Waals surface area contributed by atoms with Crippen molar-refractivity contribution in [1.29, 1.82) is 0 Å². The molecule has 2 atom stereocenters. The highest BCUT2D eigenvalue weighted by Gasteiger charge is 2.11. The Hall–Kier alpha value is -0.550. The fraction of sp³-hybridized carbons (Fsp3) is 0.778. The molecule has 0 aliphatic heterocycles. The molecular formula is C9H16FN. The number of rotatable bonds is 4. The average molecular weight is 157 g/mol. The van der Waals surface area contributed by atoms with E-state index in [-0.39, 0.29) is 5.92 Å². The molecule has 2 heteroatoms. The molecule has 0 bridgehead atoms. The van der Waals surface area contributed by atoms with Crippen molar-refractivity contribution >= 4 is 0 Å². The fourth-order valence-electron chi connectivity index (χ4n) is 0.866. The molecule has 11 heavy (non-hydrogen) atoms. The van der Waals surface area contributed by atoms with E-state index in [2.05, 4.69) is 11.8 Å². The standard InChI is InChI=1S/C9H16FN/c1-3-5-9(10)8(2)6-4-7-11/h8-9H,4,6-7,11H2,1-2H3. The van der Waals surface area contributed by atoms with Crippen LogP contribution >= 0.6 is 0 Å². The third-order valence-corrected chi connectivity index (χ3v) is 1.65. The lowest BCUT2D eigenvalue weighted by molar-refractivity contribution is 0.292. The molecule has 0 saturated heterocycles. The van der Waals surface area contributed by atoms with Crippen LogP contribution in [0.15, 0.2) is 0 Å². The first-order chi connectivity index (χ1) is 5.22. The van der Waals surface area contributed by atoms with E-state index in [0.29, 0.717) is 6.54 Å². The molecule has 0 aromatic heterocycles. The van der Waals surface area contributed by atoms with Gasteiger partial charge in [0.25, 0.3) is 0 Å². The summed E-state index contributed by atoms with van der Waals surface area (Å²) in [5, 5.41) is 0. The van der Waals surface area contributed by atoms with Crippen LogP contribution in [0.3, 0.4) is 0 Å². The molecule has 0 spiro atoms. The normalized spacial score (nSPS) is 14.9. The second-order valence-corrected chi connectivity index (χ2v) is 2.70. The van der Waals surface area contributed by atoms with Crippen LogP contribution in [0.4, 0.5) is 4.39 Å². The van der Waals surface area contributed by atoms with Crippen LogP contribution in [0, 0.1) is 17.8 Å². The second-order valence-electron chi connectivity index (χ2n) is 2.70. The lowest BCUT2D eigenvalue weighted by Crippen LogP contribution is -2.12. The molecule has 0 aromatic carbocycles. The maximum Gasteiger partial charge on any atom is 0.163 e. The van der Waals surface area contributed by atoms with E-state index in [1.54, 1.807) is 6.92 Å². The number of nitrogens with two attached hydrogens (primary N) is 1. The van der Waals surface area contributed by atoms with Crippen molar-refractivity contribution in [3.8, 4) is 11.8 Å². The first kappa shape index (κ1) is 10.4. The quantitative estimate of drug-likeness (QED) is 0.618. The Labute approximate surface area is 68.2 Å². The number of hydrogen-bond donors (Lipinski definition) is 1. The van der Waals surface area contributed by atoms with E-state index in [1.807, 2.05) is 6.92 Å². The van der Waals surface area contributed by atoms with Gasteiger partial charge in [0.15, 0.2) is 6.17 Å². The van der Waals surface area contributed by atoms with Gasteiger partial charge in [0.2, 0.25) is 0 Å². The number of halogens is 1. The Morgan fingerprint density at radius 3 is 2.64 bits per heavy atom. The molecule has 0 rings (SSSR count). The Morgan fingerprint density at radius 2 is 2.18 bits per heavy atom. The lowest BCUT2D eigenvalue weighted by Gasteiger charge is -2.09. The number of alkyl halides is 1. The van der Waals surface area contributed by atoms with Crippen LogP contribution in [0.1, 0.15) is 26.7 Å². The molecule has 0 amide bonds. The van der Waals surface area contributed by atoms with Gasteiger partial charge in [-0.05, 0) is 32.2 Å². The average Bonchev–Trinajstić information content (AvgIpc) is 2.00. The molecule has 0 heterocycles. The van der Waals surface area contributed by atoms with Gasteiger partial charge in [-0.1, -0.05) is 12.8 Å². The summed E-state index contributed by atoms with van der Waals surface area (Å²) in [4.78, 5) is 0. The molecular weight excluding hydrogens is 141 g/mol. The predicted molar refractivity (Wildman–Crippen MR) is 45.8 cm³/mol. The van der Waals surface area contributed by atoms with Crippen molar-refractivity contribution in [2.24, 2.45) is 11.7 Å². The van der Waals surface area contributed by atoms with Gasteiger partial charge in [-0.3, -0.25) is 0 Å². The van der Waals surface area contributed by atoms with Crippen molar-refractivity contribution in [3.05, 3.63) is 0 Å². The van der Waals surface area contributed by atoms with Gasteiger partial charge < -0.3 is 5.73 Å². The smallest absolute Gasteiger partial charge is 0.163 e. The summed E-state index contributed by atoms with van der Waals surface area (Å²) in [6.45, 7) is 4.16. The van der Waals surface area contributed by atoms with E-state index in [4.69, 9.17) is 5.73 Å². The van der Waals surface area contributed by atoms with Gasteiger partial charge in [0.05, 0.1) is 0 Å². The topological polar surface area (TPSA) is 26.0 Å². The zero-order chi connectivity index (χ0) is 8.69. The van der Waals surface area contributed by atoms with E-state index >= 15 is 0 Å². The monoisotopic (exact) mass is 157 g/mol. The first-order valence-corrected chi connectivity index (χ1v) is 3.98. The van der Waals surface area contributed by atoms with E-state index in [9.17, 15) is 4.39 Å². The van der Waals surface area contributed by atoms with Crippen LogP contribution in [0.2, 0.25) is 0 Å². The van der Waals surface area contributed by atoms with Gasteiger partial charge in [-0.2, -0.15) is 0 Å². The highest BCUT2D eigenvalue weighted by atomic mass is 19.1. The highest BCUT2D eigenvalue weighted by Crippen LogP contribution is 2.12. The summed E-state index contributed by atoms with van der Waals surface area (Å²) in [5.74, 6) is 5.08. The van der Waals surface area contributed by atoms with Crippen LogP contribution in [-0.4, -0.2) is 12.7 Å². The first-order valence-electron chi connectivity index (χ1n) is 3.98. The largest absolute Gasteiger partial charge is 0.330 e. The maximum atomic E-state index is 12.9. The molecule has 2 unspecified atom stereocenters. The SMILES string of the molecule is CC#CC(F)C(C)CCCN. The Bertz CT molecular complexity index is 145. The zero-order valence-corrected chi connectivity index (χ0v) is 7.23. The third kappa shape index (κ3) is 4.80. The zero-order valence-electron chi connectivity index (χ0n) is 7.23. The Balaban J connectivity index is 3.60. The Morgan fingerprint density at radius 1 is 1.55 bits per heavy atom. The fourth-order valence-corrected chi connectivity index (χ4v) is 0.866. The minimum absolute atomic E-state index is 0.0194. The van der Waals surface area contributed by atoms with E-state index < -0.39 is 6.17 Å². The highest BCUT2D eigenvalue weighted by molar-refractivity contribution is 5.03. The van der Waals surface area contributed by atoms with E-state index in [1.165, 1.54) is 0 Å². The number of hydrogen-bond acceptors (Lipinski definition) is 1. The molecule has 0 aliphatic rings. The summed E-state index contributed by atoms with van der Waals surface area (Å²) >= 11 is 0. The van der Waals surface area contributed by atoms with Gasteiger partial charge in [0.1, 0.15) is 0 Å². The van der Waals surface area contributed by atoms with Crippen LogP contribution in [0.25, 0.3) is 0 Å². The van der Waals surface area contributed by atoms with Gasteiger partial charge in [-0.25, -0.2) is 4.39 Å². The van der Waals surface area contributed by atoms with Crippen molar-refractivity contribution in [2.45, 2.75) is 32.9 Å². The summed E-state index contributed by atoms with van der Waals surface area (Å²) in [7, 11) is 0. The van der Waals surface area contributed by atoms with Gasteiger partial charge in [-0.15, -0.1) is 5.92 Å². The third-order valence-electron chi connectivity index (χ3n) is 1.65. The van der Waals surface area contributed by atoms with Crippen molar-refractivity contribution < 1.29 is 4.39 Å². The lowest BCUT2D eigenvalue weighted by atomic mass is 10.0. The van der Waals surface area contributed by atoms with Crippen molar-refractivity contribution in [2.75, 3.05) is 6.54 Å². The van der Waals surface area contributed by atoms with E-state index in [0.717, 1.165) is 12.8 Å². The summed E-state index contributed by atoms with van der Waals surface area (Å²) < 4.78 is 12.9. The molecule has 0 saturated carbocycles. The molecule has 0 fully saturated rings. The minimum Gasteiger partial charge on any atom is -0.330 e. The predicted octanol–water partition coefficient (Wildman–Crippen LogP) is 1.72. The van der Waals surface area contributed by atoms with Crippen molar-refractivity contribution in [1.82, 2.24) is 0 Å². The molecule has 1 nitrogen and oxygen atoms in total. The van der Waals surface area contributed by atoms with Crippen LogP contribution in [-0.2, 0) is 0 Å². The molecule has 2 N–H and O–H groups in total. The minimum atomic E-state index is -0.980. The molecule has 0 aliphatic carbocycles. The maximum absolute atomic E-state index is 12.9. The molecule has 64 valence electrons. The summed E-state index contributed by atoms with van der Waals surface area (Å²) in [5.41, 5.74) is 5.29. The second kappa shape index (κ2) is 6.18. The molecule has 0 radical (unpaired) electrons. The van der Waals surface area contributed by atoms with Crippen molar-refractivity contribution in [3.63, 3.8) is 0 Å².